The van der Waals surface area contributed by atoms with E-state index in [1.54, 1.807) is 18.3 Å². The van der Waals surface area contributed by atoms with Crippen LogP contribution in [0.25, 0.3) is 0 Å². The number of amides is 1. The summed E-state index contributed by atoms with van der Waals surface area (Å²) in [5.74, 6) is -0.169. The molecule has 1 heterocycles. The molecular weight excluding hydrogens is 324 g/mol. The van der Waals surface area contributed by atoms with Gasteiger partial charge in [-0.1, -0.05) is 40.3 Å². The van der Waals surface area contributed by atoms with Crippen LogP contribution < -0.4 is 5.32 Å². The van der Waals surface area contributed by atoms with Crippen molar-refractivity contribution in [1.82, 2.24) is 10.3 Å². The summed E-state index contributed by atoms with van der Waals surface area (Å²) < 4.78 is 1.46. The van der Waals surface area contributed by atoms with Crippen LogP contribution in [-0.4, -0.2) is 10.9 Å². The van der Waals surface area contributed by atoms with E-state index in [9.17, 15) is 4.79 Å². The summed E-state index contributed by atoms with van der Waals surface area (Å²) in [5.41, 5.74) is 1.53. The first-order valence-electron chi connectivity index (χ1n) is 5.82. The first kappa shape index (κ1) is 14.0. The molecule has 98 valence electrons. The Kier molecular flexibility index (Phi) is 4.50. The standard InChI is InChI=1S/C14H13BrN2OS/c1-9(10-4-6-11(15)7-5-10)17-13(18)12-3-2-8-16-14(12)19/h2-9H,1H3,(H,16,19)(H,17,18). The second kappa shape index (κ2) is 6.12. The monoisotopic (exact) mass is 336 g/mol. The van der Waals surface area contributed by atoms with Crippen molar-refractivity contribution in [2.45, 2.75) is 13.0 Å². The summed E-state index contributed by atoms with van der Waals surface area (Å²) in [6, 6.07) is 11.2. The molecule has 0 saturated carbocycles. The second-order valence-electron chi connectivity index (χ2n) is 4.16. The lowest BCUT2D eigenvalue weighted by atomic mass is 10.1. The first-order valence-corrected chi connectivity index (χ1v) is 7.02. The number of halogens is 1. The largest absolute Gasteiger partial charge is 0.352 e. The molecule has 19 heavy (non-hydrogen) atoms. The molecule has 1 unspecified atom stereocenters. The number of benzene rings is 1. The third kappa shape index (κ3) is 3.52. The predicted octanol–water partition coefficient (Wildman–Crippen LogP) is 4.00. The molecule has 0 radical (unpaired) electrons. The molecule has 1 aromatic heterocycles. The number of rotatable bonds is 3. The number of hydrogen-bond donors (Lipinski definition) is 2. The van der Waals surface area contributed by atoms with E-state index in [1.807, 2.05) is 31.2 Å². The van der Waals surface area contributed by atoms with Crippen molar-refractivity contribution in [3.05, 3.63) is 62.8 Å². The van der Waals surface area contributed by atoms with E-state index in [0.29, 0.717) is 10.2 Å². The Morgan fingerprint density at radius 3 is 2.63 bits per heavy atom. The van der Waals surface area contributed by atoms with Gasteiger partial charge in [0.1, 0.15) is 4.64 Å². The van der Waals surface area contributed by atoms with Gasteiger partial charge in [0, 0.05) is 10.7 Å². The fraction of sp³-hybridized carbons (Fsp3) is 0.143. The molecule has 1 amide bonds. The van der Waals surface area contributed by atoms with Crippen LogP contribution >= 0.6 is 28.1 Å². The Balaban J connectivity index is 2.13. The molecule has 0 aliphatic heterocycles. The maximum absolute atomic E-state index is 12.1. The molecule has 2 rings (SSSR count). The van der Waals surface area contributed by atoms with Crippen molar-refractivity contribution in [1.29, 1.82) is 0 Å². The second-order valence-corrected chi connectivity index (χ2v) is 5.48. The van der Waals surface area contributed by atoms with Gasteiger partial charge in [-0.05, 0) is 36.8 Å². The molecule has 1 atom stereocenters. The predicted molar refractivity (Wildman–Crippen MR) is 81.6 cm³/mol. The highest BCUT2D eigenvalue weighted by atomic mass is 79.9. The summed E-state index contributed by atoms with van der Waals surface area (Å²) in [7, 11) is 0. The quantitative estimate of drug-likeness (QED) is 0.832. The van der Waals surface area contributed by atoms with Gasteiger partial charge in [0.2, 0.25) is 0 Å². The maximum Gasteiger partial charge on any atom is 0.254 e. The lowest BCUT2D eigenvalue weighted by molar-refractivity contribution is 0.0939. The van der Waals surface area contributed by atoms with Crippen molar-refractivity contribution in [3.8, 4) is 0 Å². The van der Waals surface area contributed by atoms with Gasteiger partial charge < -0.3 is 10.3 Å². The van der Waals surface area contributed by atoms with Crippen molar-refractivity contribution >= 4 is 34.1 Å². The zero-order chi connectivity index (χ0) is 13.8. The summed E-state index contributed by atoms with van der Waals surface area (Å²) in [5, 5.41) is 2.93. The van der Waals surface area contributed by atoms with Gasteiger partial charge in [0.15, 0.2) is 0 Å². The van der Waals surface area contributed by atoms with Gasteiger partial charge in [0.05, 0.1) is 11.6 Å². The van der Waals surface area contributed by atoms with E-state index in [2.05, 4.69) is 26.2 Å². The van der Waals surface area contributed by atoms with E-state index in [-0.39, 0.29) is 11.9 Å². The van der Waals surface area contributed by atoms with E-state index in [4.69, 9.17) is 12.2 Å². The number of hydrogen-bond acceptors (Lipinski definition) is 2. The number of aromatic amines is 1. The zero-order valence-electron chi connectivity index (χ0n) is 10.3. The van der Waals surface area contributed by atoms with Crippen molar-refractivity contribution in [3.63, 3.8) is 0 Å². The summed E-state index contributed by atoms with van der Waals surface area (Å²) in [6.07, 6.45) is 1.71. The van der Waals surface area contributed by atoms with Gasteiger partial charge in [-0.15, -0.1) is 0 Å². The van der Waals surface area contributed by atoms with Crippen LogP contribution in [0.2, 0.25) is 0 Å². The van der Waals surface area contributed by atoms with E-state index >= 15 is 0 Å². The number of carbonyl (C=O) groups excluding carboxylic acids is 1. The molecule has 0 spiro atoms. The number of carbonyl (C=O) groups is 1. The normalized spacial score (nSPS) is 11.9. The molecule has 1 aromatic carbocycles. The van der Waals surface area contributed by atoms with Gasteiger partial charge >= 0.3 is 0 Å². The van der Waals surface area contributed by atoms with E-state index in [1.165, 1.54) is 0 Å². The molecule has 2 N–H and O–H groups in total. The molecule has 0 bridgehead atoms. The van der Waals surface area contributed by atoms with Crippen molar-refractivity contribution in [2.75, 3.05) is 0 Å². The van der Waals surface area contributed by atoms with Gasteiger partial charge in [-0.2, -0.15) is 0 Å². The molecule has 3 nitrogen and oxygen atoms in total. The van der Waals surface area contributed by atoms with Crippen LogP contribution in [0.3, 0.4) is 0 Å². The third-order valence-electron chi connectivity index (χ3n) is 2.78. The topological polar surface area (TPSA) is 44.9 Å². The van der Waals surface area contributed by atoms with E-state index < -0.39 is 0 Å². The Morgan fingerprint density at radius 1 is 1.32 bits per heavy atom. The molecule has 5 heteroatoms. The Morgan fingerprint density at radius 2 is 2.00 bits per heavy atom. The number of pyridine rings is 1. The average molecular weight is 337 g/mol. The minimum atomic E-state index is -0.169. The van der Waals surface area contributed by atoms with Crippen LogP contribution in [0, 0.1) is 4.64 Å². The Hall–Kier alpha value is -1.46. The van der Waals surface area contributed by atoms with Crippen molar-refractivity contribution in [2.24, 2.45) is 0 Å². The van der Waals surface area contributed by atoms with Crippen molar-refractivity contribution < 1.29 is 4.79 Å². The van der Waals surface area contributed by atoms with Crippen LogP contribution in [0.5, 0.6) is 0 Å². The highest BCUT2D eigenvalue weighted by Gasteiger charge is 2.12. The highest BCUT2D eigenvalue weighted by molar-refractivity contribution is 9.10. The first-order chi connectivity index (χ1) is 9.08. The summed E-state index contributed by atoms with van der Waals surface area (Å²) >= 11 is 8.48. The molecule has 0 aliphatic carbocycles. The summed E-state index contributed by atoms with van der Waals surface area (Å²) in [4.78, 5) is 15.0. The van der Waals surface area contributed by atoms with Gasteiger partial charge in [0.25, 0.3) is 5.91 Å². The molecule has 0 fully saturated rings. The van der Waals surface area contributed by atoms with Crippen LogP contribution in [0.4, 0.5) is 0 Å². The Labute approximate surface area is 125 Å². The fourth-order valence-electron chi connectivity index (χ4n) is 1.71. The summed E-state index contributed by atoms with van der Waals surface area (Å²) in [6.45, 7) is 1.94. The SMILES string of the molecule is CC(NC(=O)c1ccc[nH]c1=S)c1ccc(Br)cc1. The van der Waals surface area contributed by atoms with Gasteiger partial charge in [-0.3, -0.25) is 4.79 Å². The minimum Gasteiger partial charge on any atom is -0.352 e. The molecule has 2 aromatic rings. The molecule has 0 aliphatic rings. The number of H-pyrrole nitrogens is 1. The lowest BCUT2D eigenvalue weighted by Crippen LogP contribution is -2.27. The van der Waals surface area contributed by atoms with Crippen LogP contribution in [-0.2, 0) is 0 Å². The number of aromatic nitrogens is 1. The minimum absolute atomic E-state index is 0.0739. The zero-order valence-corrected chi connectivity index (χ0v) is 12.7. The van der Waals surface area contributed by atoms with Crippen LogP contribution in [0.1, 0.15) is 28.9 Å². The average Bonchev–Trinajstić information content (AvgIpc) is 2.39. The molecule has 0 saturated heterocycles. The maximum atomic E-state index is 12.1. The third-order valence-corrected chi connectivity index (χ3v) is 3.65. The molecular formula is C14H13BrN2OS. The Bertz CT molecular complexity index is 636. The smallest absolute Gasteiger partial charge is 0.254 e. The number of nitrogens with one attached hydrogen (secondary N) is 2. The van der Waals surface area contributed by atoms with Gasteiger partial charge in [-0.25, -0.2) is 0 Å². The fourth-order valence-corrected chi connectivity index (χ4v) is 2.20. The lowest BCUT2D eigenvalue weighted by Gasteiger charge is -2.14. The highest BCUT2D eigenvalue weighted by Crippen LogP contribution is 2.17. The van der Waals surface area contributed by atoms with Crippen LogP contribution in [0.15, 0.2) is 47.1 Å². The van der Waals surface area contributed by atoms with E-state index in [0.717, 1.165) is 10.0 Å².